The lowest BCUT2D eigenvalue weighted by Gasteiger charge is -2.27. The summed E-state index contributed by atoms with van der Waals surface area (Å²) >= 11 is 0. The number of benzene rings is 1. The summed E-state index contributed by atoms with van der Waals surface area (Å²) < 4.78 is 0. The molecule has 0 aliphatic carbocycles. The van der Waals surface area contributed by atoms with E-state index in [0.717, 1.165) is 32.7 Å². The van der Waals surface area contributed by atoms with E-state index < -0.39 is 17.9 Å². The average molecular weight is 455 g/mol. The van der Waals surface area contributed by atoms with Crippen molar-refractivity contribution in [2.45, 2.75) is 52.0 Å². The normalized spacial score (nSPS) is 25.6. The second kappa shape index (κ2) is 8.97. The van der Waals surface area contributed by atoms with Crippen LogP contribution in [-0.2, 0) is 21.0 Å². The van der Waals surface area contributed by atoms with E-state index in [2.05, 4.69) is 41.8 Å². The molecule has 0 saturated carbocycles. The molecule has 4 heterocycles. The number of carbonyl (C=O) groups excluding carboxylic acids is 3. The molecule has 3 amide bonds. The van der Waals surface area contributed by atoms with Gasteiger partial charge in [-0.1, -0.05) is 26.0 Å². The van der Waals surface area contributed by atoms with Gasteiger partial charge in [0.1, 0.15) is 0 Å². The number of likely N-dealkylation sites (tertiary alicyclic amines) is 2. The molecule has 0 bridgehead atoms. The first-order valence-electron chi connectivity index (χ1n) is 12.3. The number of hydroxylamine groups is 2. The third kappa shape index (κ3) is 4.45. The fourth-order valence-electron chi connectivity index (χ4n) is 5.73. The number of fused-ring (bicyclic) bond motifs is 1. The summed E-state index contributed by atoms with van der Waals surface area (Å²) in [5.41, 5.74) is 4.17. The summed E-state index contributed by atoms with van der Waals surface area (Å²) in [7, 11) is 0. The van der Waals surface area contributed by atoms with Gasteiger partial charge in [0.05, 0.1) is 0 Å². The van der Waals surface area contributed by atoms with Gasteiger partial charge in [0.25, 0.3) is 11.8 Å². The first kappa shape index (κ1) is 22.2. The van der Waals surface area contributed by atoms with Gasteiger partial charge < -0.3 is 14.6 Å². The zero-order chi connectivity index (χ0) is 23.1. The predicted octanol–water partition coefficient (Wildman–Crippen LogP) is 2.97. The minimum Gasteiger partial charge on any atom is -0.371 e. The van der Waals surface area contributed by atoms with Crippen LogP contribution in [0, 0.1) is 11.8 Å². The molecule has 178 valence electrons. The minimum atomic E-state index is -0.583. The standard InChI is InChI=1S/C25H34N4O4/c1-17(2)18-5-6-19(22(11-18)27-9-3-4-10-27)12-26-13-20-15-28(16-21(20)14-26)25(32)33-29-23(30)7-8-24(29)31/h5-6,11,17,20-21H,3-4,7-10,12-16H2,1-2H3. The number of nitrogens with zero attached hydrogens (tertiary/aromatic N) is 4. The lowest BCUT2D eigenvalue weighted by atomic mass is 9.99. The molecule has 33 heavy (non-hydrogen) atoms. The molecular weight excluding hydrogens is 420 g/mol. The van der Waals surface area contributed by atoms with Crippen LogP contribution in [0.15, 0.2) is 18.2 Å². The highest BCUT2D eigenvalue weighted by molar-refractivity contribution is 6.01. The van der Waals surface area contributed by atoms with Gasteiger partial charge in [-0.05, 0) is 47.8 Å². The molecule has 8 heteroatoms. The highest BCUT2D eigenvalue weighted by Gasteiger charge is 2.43. The summed E-state index contributed by atoms with van der Waals surface area (Å²) in [4.78, 5) is 47.8. The summed E-state index contributed by atoms with van der Waals surface area (Å²) in [5, 5.41) is 0.642. The molecule has 8 nitrogen and oxygen atoms in total. The molecule has 4 saturated heterocycles. The lowest BCUT2D eigenvalue weighted by Crippen LogP contribution is -2.40. The van der Waals surface area contributed by atoms with Gasteiger partial charge in [-0.25, -0.2) is 4.79 Å². The van der Waals surface area contributed by atoms with Crippen molar-refractivity contribution in [1.29, 1.82) is 0 Å². The monoisotopic (exact) mass is 454 g/mol. The molecule has 5 rings (SSSR count). The SMILES string of the molecule is CC(C)c1ccc(CN2CC3CN(C(=O)ON4C(=O)CCC4=O)CC3C2)c(N2CCCC2)c1. The Kier molecular flexibility index (Phi) is 6.03. The summed E-state index contributed by atoms with van der Waals surface area (Å²) in [5.74, 6) is 0.441. The molecule has 0 radical (unpaired) electrons. The molecule has 1 aromatic carbocycles. The van der Waals surface area contributed by atoms with Gasteiger partial charge in [-0.3, -0.25) is 14.5 Å². The maximum atomic E-state index is 12.5. The lowest BCUT2D eigenvalue weighted by molar-refractivity contribution is -0.173. The Labute approximate surface area is 195 Å². The Hall–Kier alpha value is -2.61. The second-order valence-electron chi connectivity index (χ2n) is 10.3. The fraction of sp³-hybridized carbons (Fsp3) is 0.640. The Morgan fingerprint density at radius 1 is 1.00 bits per heavy atom. The molecule has 4 aliphatic heterocycles. The Bertz CT molecular complexity index is 912. The van der Waals surface area contributed by atoms with Crippen molar-refractivity contribution in [3.63, 3.8) is 0 Å². The second-order valence-corrected chi connectivity index (χ2v) is 10.3. The average Bonchev–Trinajstić information content (AvgIpc) is 3.56. The van der Waals surface area contributed by atoms with Crippen LogP contribution in [0.1, 0.15) is 56.6 Å². The van der Waals surface area contributed by atoms with Gasteiger partial charge >= 0.3 is 6.09 Å². The number of amides is 3. The quantitative estimate of drug-likeness (QED) is 0.637. The number of carbonyl (C=O) groups is 3. The molecular formula is C25H34N4O4. The number of anilines is 1. The van der Waals surface area contributed by atoms with Crippen molar-refractivity contribution in [3.05, 3.63) is 29.3 Å². The topological polar surface area (TPSA) is 73.4 Å². The van der Waals surface area contributed by atoms with E-state index in [-0.39, 0.29) is 12.8 Å². The maximum Gasteiger partial charge on any atom is 0.434 e. The molecule has 0 N–H and O–H groups in total. The van der Waals surface area contributed by atoms with Crippen LogP contribution in [0.3, 0.4) is 0 Å². The number of hydrogen-bond acceptors (Lipinski definition) is 6. The van der Waals surface area contributed by atoms with E-state index in [9.17, 15) is 14.4 Å². The molecule has 4 fully saturated rings. The zero-order valence-corrected chi connectivity index (χ0v) is 19.7. The number of hydrogen-bond donors (Lipinski definition) is 0. The molecule has 4 aliphatic rings. The molecule has 2 atom stereocenters. The maximum absolute atomic E-state index is 12.5. The Morgan fingerprint density at radius 3 is 2.24 bits per heavy atom. The number of rotatable bonds is 5. The summed E-state index contributed by atoms with van der Waals surface area (Å²) in [6.45, 7) is 10.8. The summed E-state index contributed by atoms with van der Waals surface area (Å²) in [6, 6.07) is 6.97. The van der Waals surface area contributed by atoms with Crippen molar-refractivity contribution in [3.8, 4) is 0 Å². The molecule has 0 spiro atoms. The van der Waals surface area contributed by atoms with E-state index in [4.69, 9.17) is 4.84 Å². The van der Waals surface area contributed by atoms with Crippen LogP contribution in [-0.4, -0.2) is 72.0 Å². The smallest absolute Gasteiger partial charge is 0.371 e. The van der Waals surface area contributed by atoms with Crippen molar-refractivity contribution < 1.29 is 19.2 Å². The molecule has 2 unspecified atom stereocenters. The Morgan fingerprint density at radius 2 is 1.64 bits per heavy atom. The highest BCUT2D eigenvalue weighted by Crippen LogP contribution is 2.35. The van der Waals surface area contributed by atoms with Gasteiger partial charge in [-0.2, -0.15) is 0 Å². The van der Waals surface area contributed by atoms with Crippen LogP contribution < -0.4 is 4.90 Å². The zero-order valence-electron chi connectivity index (χ0n) is 19.7. The third-order valence-corrected chi connectivity index (χ3v) is 7.61. The van der Waals surface area contributed by atoms with Crippen LogP contribution in [0.2, 0.25) is 0 Å². The van der Waals surface area contributed by atoms with Crippen molar-refractivity contribution in [2.75, 3.05) is 44.2 Å². The van der Waals surface area contributed by atoms with E-state index in [0.29, 0.717) is 35.9 Å². The third-order valence-electron chi connectivity index (χ3n) is 7.61. The largest absolute Gasteiger partial charge is 0.434 e. The summed E-state index contributed by atoms with van der Waals surface area (Å²) in [6.07, 6.45) is 2.17. The number of imide groups is 1. The highest BCUT2D eigenvalue weighted by atomic mass is 16.7. The van der Waals surface area contributed by atoms with Crippen LogP contribution >= 0.6 is 0 Å². The van der Waals surface area contributed by atoms with Gasteiger partial charge in [0.2, 0.25) is 0 Å². The Balaban J connectivity index is 1.20. The molecule has 1 aromatic rings. The van der Waals surface area contributed by atoms with E-state index in [1.165, 1.54) is 29.7 Å². The van der Waals surface area contributed by atoms with E-state index >= 15 is 0 Å². The van der Waals surface area contributed by atoms with E-state index in [1.54, 1.807) is 4.90 Å². The van der Waals surface area contributed by atoms with Gasteiger partial charge in [0, 0.05) is 64.3 Å². The molecule has 0 aromatic heterocycles. The van der Waals surface area contributed by atoms with Crippen molar-refractivity contribution in [2.24, 2.45) is 11.8 Å². The predicted molar refractivity (Wildman–Crippen MR) is 123 cm³/mol. The van der Waals surface area contributed by atoms with Gasteiger partial charge in [0.15, 0.2) is 0 Å². The fourth-order valence-corrected chi connectivity index (χ4v) is 5.73. The minimum absolute atomic E-state index is 0.115. The van der Waals surface area contributed by atoms with Crippen LogP contribution in [0.4, 0.5) is 10.5 Å². The van der Waals surface area contributed by atoms with Crippen molar-refractivity contribution >= 4 is 23.6 Å². The van der Waals surface area contributed by atoms with Crippen molar-refractivity contribution in [1.82, 2.24) is 14.9 Å². The van der Waals surface area contributed by atoms with Crippen LogP contribution in [0.25, 0.3) is 0 Å². The first-order chi connectivity index (χ1) is 15.9. The van der Waals surface area contributed by atoms with Crippen LogP contribution in [0.5, 0.6) is 0 Å². The van der Waals surface area contributed by atoms with Gasteiger partial charge in [-0.15, -0.1) is 5.06 Å². The van der Waals surface area contributed by atoms with E-state index in [1.807, 2.05) is 0 Å². The first-order valence-corrected chi connectivity index (χ1v) is 12.3.